The first-order valence-corrected chi connectivity index (χ1v) is 8.46. The molecule has 0 saturated carbocycles. The predicted molar refractivity (Wildman–Crippen MR) is 97.8 cm³/mol. The van der Waals surface area contributed by atoms with Crippen LogP contribution in [-0.2, 0) is 4.74 Å². The molecule has 2 amide bonds. The van der Waals surface area contributed by atoms with Gasteiger partial charge in [0, 0.05) is 30.5 Å². The number of aromatic amines is 2. The highest BCUT2D eigenvalue weighted by Gasteiger charge is 2.20. The molecule has 9 heteroatoms. The van der Waals surface area contributed by atoms with Gasteiger partial charge >= 0.3 is 0 Å². The van der Waals surface area contributed by atoms with Gasteiger partial charge in [-0.05, 0) is 18.2 Å². The lowest BCUT2D eigenvalue weighted by Gasteiger charge is -2.27. The zero-order valence-corrected chi connectivity index (χ0v) is 14.3. The summed E-state index contributed by atoms with van der Waals surface area (Å²) >= 11 is 0. The van der Waals surface area contributed by atoms with Crippen LogP contribution in [0, 0.1) is 0 Å². The maximum Gasteiger partial charge on any atom is 0.261 e. The van der Waals surface area contributed by atoms with Gasteiger partial charge in [-0.1, -0.05) is 6.07 Å². The van der Waals surface area contributed by atoms with E-state index in [-0.39, 0.29) is 16.9 Å². The Morgan fingerprint density at radius 3 is 2.81 bits per heavy atom. The molecule has 0 atom stereocenters. The number of ether oxygens (including phenoxy) is 1. The molecule has 138 valence electrons. The number of hydrogen-bond acceptors (Lipinski definition) is 5. The zero-order valence-electron chi connectivity index (χ0n) is 14.3. The summed E-state index contributed by atoms with van der Waals surface area (Å²) in [5.41, 5.74) is 1.06. The summed E-state index contributed by atoms with van der Waals surface area (Å²) < 4.78 is 5.26. The predicted octanol–water partition coefficient (Wildman–Crippen LogP) is 0.976. The fourth-order valence-electron chi connectivity index (χ4n) is 3.03. The number of rotatable bonds is 3. The average Bonchev–Trinajstić information content (AvgIpc) is 3.14. The molecule has 0 spiro atoms. The number of aromatic nitrogens is 3. The van der Waals surface area contributed by atoms with Gasteiger partial charge in [-0.15, -0.1) is 0 Å². The third-order valence-corrected chi connectivity index (χ3v) is 4.39. The maximum atomic E-state index is 12.6. The van der Waals surface area contributed by atoms with Crippen molar-refractivity contribution in [2.75, 3.05) is 31.6 Å². The van der Waals surface area contributed by atoms with Gasteiger partial charge in [0.05, 0.1) is 30.5 Å². The van der Waals surface area contributed by atoms with Crippen LogP contribution in [0.15, 0.2) is 41.6 Å². The monoisotopic (exact) mass is 367 g/mol. The number of hydrogen-bond donors (Lipinski definition) is 3. The van der Waals surface area contributed by atoms with Crippen LogP contribution in [0.25, 0.3) is 11.0 Å². The summed E-state index contributed by atoms with van der Waals surface area (Å²) in [6, 6.07) is 6.71. The van der Waals surface area contributed by atoms with Crippen LogP contribution in [0.5, 0.6) is 0 Å². The molecule has 27 heavy (non-hydrogen) atoms. The van der Waals surface area contributed by atoms with Crippen LogP contribution >= 0.6 is 0 Å². The summed E-state index contributed by atoms with van der Waals surface area (Å²) in [5.74, 6) is -0.571. The quantitative estimate of drug-likeness (QED) is 0.637. The van der Waals surface area contributed by atoms with Crippen molar-refractivity contribution in [1.82, 2.24) is 19.9 Å². The molecule has 1 aromatic carbocycles. The zero-order chi connectivity index (χ0) is 18.8. The first-order chi connectivity index (χ1) is 13.1. The van der Waals surface area contributed by atoms with E-state index in [9.17, 15) is 14.4 Å². The molecule has 3 aromatic rings. The fraction of sp³-hybridized carbons (Fsp3) is 0.222. The van der Waals surface area contributed by atoms with E-state index in [1.54, 1.807) is 29.2 Å². The van der Waals surface area contributed by atoms with Crippen molar-refractivity contribution in [2.45, 2.75) is 0 Å². The second-order valence-electron chi connectivity index (χ2n) is 6.10. The lowest BCUT2D eigenvalue weighted by Crippen LogP contribution is -2.40. The minimum absolute atomic E-state index is 0.109. The maximum absolute atomic E-state index is 12.6. The summed E-state index contributed by atoms with van der Waals surface area (Å²) in [6.45, 7) is 2.12. The smallest absolute Gasteiger partial charge is 0.261 e. The van der Waals surface area contributed by atoms with Gasteiger partial charge < -0.3 is 24.9 Å². The molecule has 1 aliphatic rings. The lowest BCUT2D eigenvalue weighted by molar-refractivity contribution is 0.0303. The van der Waals surface area contributed by atoms with Crippen LogP contribution in [-0.4, -0.2) is 58.0 Å². The summed E-state index contributed by atoms with van der Waals surface area (Å²) in [5, 5.41) is 2.92. The Hall–Kier alpha value is -3.46. The summed E-state index contributed by atoms with van der Waals surface area (Å²) in [7, 11) is 0. The highest BCUT2D eigenvalue weighted by molar-refractivity contribution is 6.12. The van der Waals surface area contributed by atoms with Crippen molar-refractivity contribution in [2.24, 2.45) is 0 Å². The van der Waals surface area contributed by atoms with Crippen LogP contribution in [0.2, 0.25) is 0 Å². The van der Waals surface area contributed by atoms with Crippen LogP contribution < -0.4 is 10.9 Å². The molecular weight excluding hydrogens is 350 g/mol. The Kier molecular flexibility index (Phi) is 4.43. The second-order valence-corrected chi connectivity index (χ2v) is 6.10. The van der Waals surface area contributed by atoms with Gasteiger partial charge in [0.15, 0.2) is 0 Å². The Labute approximate surface area is 153 Å². The molecule has 3 heterocycles. The van der Waals surface area contributed by atoms with Gasteiger partial charge in [0.1, 0.15) is 5.65 Å². The molecule has 0 radical (unpaired) electrons. The van der Waals surface area contributed by atoms with Crippen molar-refractivity contribution in [1.29, 1.82) is 0 Å². The van der Waals surface area contributed by atoms with Gasteiger partial charge in [0.25, 0.3) is 17.4 Å². The standard InChI is InChI=1S/C18H17N5O4/c24-16(13-9-19-15-14(13)17(25)21-10-20-15)22-12-3-1-2-11(8-12)18(26)23-4-6-27-7-5-23/h1-3,8-10H,4-7H2,(H,22,24)(H2,19,20,21,25). The third kappa shape index (κ3) is 3.32. The van der Waals surface area contributed by atoms with Crippen LogP contribution in [0.4, 0.5) is 5.69 Å². The number of carbonyl (C=O) groups is 2. The van der Waals surface area contributed by atoms with Crippen molar-refractivity contribution >= 4 is 28.5 Å². The molecule has 0 unspecified atom stereocenters. The Morgan fingerprint density at radius 2 is 2.00 bits per heavy atom. The number of H-pyrrole nitrogens is 2. The topological polar surface area (TPSA) is 120 Å². The first-order valence-electron chi connectivity index (χ1n) is 8.46. The highest BCUT2D eigenvalue weighted by Crippen LogP contribution is 2.17. The van der Waals surface area contributed by atoms with E-state index in [1.807, 2.05) is 0 Å². The number of carbonyl (C=O) groups excluding carboxylic acids is 2. The number of benzene rings is 1. The highest BCUT2D eigenvalue weighted by atomic mass is 16.5. The molecule has 0 aliphatic carbocycles. The summed E-state index contributed by atoms with van der Waals surface area (Å²) in [4.78, 5) is 48.1. The molecule has 1 aliphatic heterocycles. The summed E-state index contributed by atoms with van der Waals surface area (Å²) in [6.07, 6.45) is 2.70. The van der Waals surface area contributed by atoms with Crippen molar-refractivity contribution in [3.05, 3.63) is 58.3 Å². The Morgan fingerprint density at radius 1 is 1.19 bits per heavy atom. The van der Waals surface area contributed by atoms with E-state index in [1.165, 1.54) is 12.5 Å². The minimum Gasteiger partial charge on any atom is -0.378 e. The number of fused-ring (bicyclic) bond motifs is 1. The van der Waals surface area contributed by atoms with E-state index in [2.05, 4.69) is 20.3 Å². The third-order valence-electron chi connectivity index (χ3n) is 4.39. The number of anilines is 1. The van der Waals surface area contributed by atoms with Crippen molar-refractivity contribution in [3.8, 4) is 0 Å². The molecule has 1 saturated heterocycles. The lowest BCUT2D eigenvalue weighted by atomic mass is 10.1. The number of nitrogens with one attached hydrogen (secondary N) is 3. The SMILES string of the molecule is O=C(Nc1cccc(C(=O)N2CCOCC2)c1)c1c[nH]c2nc[nH]c(=O)c12. The van der Waals surface area contributed by atoms with Gasteiger partial charge in [-0.25, -0.2) is 4.98 Å². The Bertz CT molecular complexity index is 1060. The van der Waals surface area contributed by atoms with Crippen LogP contribution in [0.3, 0.4) is 0 Å². The molecular formula is C18H17N5O4. The van der Waals surface area contributed by atoms with Gasteiger partial charge in [-0.2, -0.15) is 0 Å². The molecule has 1 fully saturated rings. The van der Waals surface area contributed by atoms with Crippen molar-refractivity contribution in [3.63, 3.8) is 0 Å². The van der Waals surface area contributed by atoms with Gasteiger partial charge in [-0.3, -0.25) is 14.4 Å². The van der Waals surface area contributed by atoms with Crippen LogP contribution in [0.1, 0.15) is 20.7 Å². The molecule has 0 bridgehead atoms. The number of morpholine rings is 1. The number of amides is 2. The Balaban J connectivity index is 1.56. The van der Waals surface area contributed by atoms with E-state index < -0.39 is 11.5 Å². The largest absolute Gasteiger partial charge is 0.378 e. The van der Waals surface area contributed by atoms with E-state index in [0.29, 0.717) is 43.2 Å². The first kappa shape index (κ1) is 17.0. The minimum atomic E-state index is -0.462. The molecule has 3 N–H and O–H groups in total. The molecule has 9 nitrogen and oxygen atoms in total. The van der Waals surface area contributed by atoms with Crippen molar-refractivity contribution < 1.29 is 14.3 Å². The average molecular weight is 367 g/mol. The van der Waals surface area contributed by atoms with E-state index in [4.69, 9.17) is 4.74 Å². The number of nitrogens with zero attached hydrogens (tertiary/aromatic N) is 2. The molecule has 4 rings (SSSR count). The van der Waals surface area contributed by atoms with Gasteiger partial charge in [0.2, 0.25) is 0 Å². The van der Waals surface area contributed by atoms with E-state index in [0.717, 1.165) is 0 Å². The molecule has 2 aromatic heterocycles. The fourth-order valence-corrected chi connectivity index (χ4v) is 3.03. The normalized spacial score (nSPS) is 14.3. The van der Waals surface area contributed by atoms with E-state index >= 15 is 0 Å². The second kappa shape index (κ2) is 7.04.